The minimum atomic E-state index is -0.420. The van der Waals surface area contributed by atoms with Crippen LogP contribution in [0.2, 0.25) is 0 Å². The second kappa shape index (κ2) is 4.85. The first kappa shape index (κ1) is 10.8. The van der Waals surface area contributed by atoms with E-state index in [1.807, 2.05) is 12.1 Å². The minimum Gasteiger partial charge on any atom is -0.502 e. The molecule has 82 valence electrons. The molecule has 0 fully saturated rings. The molecule has 2 rings (SSSR count). The van der Waals surface area contributed by atoms with Crippen molar-refractivity contribution >= 4 is 11.8 Å². The van der Waals surface area contributed by atoms with Crippen LogP contribution in [0.3, 0.4) is 0 Å². The lowest BCUT2D eigenvalue weighted by molar-refractivity contribution is 0.419. The van der Waals surface area contributed by atoms with Crippen molar-refractivity contribution in [2.24, 2.45) is 0 Å². The minimum absolute atomic E-state index is 0.363. The van der Waals surface area contributed by atoms with E-state index in [1.54, 1.807) is 12.4 Å². The Morgan fingerprint density at radius 2 is 2.12 bits per heavy atom. The maximum absolute atomic E-state index is 11.1. The van der Waals surface area contributed by atoms with Gasteiger partial charge in [-0.1, -0.05) is 0 Å². The van der Waals surface area contributed by atoms with E-state index in [-0.39, 0.29) is 5.75 Å². The molecule has 0 aliphatic carbocycles. The number of pyridine rings is 1. The molecule has 0 atom stereocenters. The van der Waals surface area contributed by atoms with Crippen LogP contribution in [0.15, 0.2) is 51.0 Å². The molecule has 2 heterocycles. The fraction of sp³-hybridized carbons (Fsp3) is 0.0909. The lowest BCUT2D eigenvalue weighted by Crippen LogP contribution is -1.98. The molecule has 0 aliphatic rings. The molecule has 5 heteroatoms. The summed E-state index contributed by atoms with van der Waals surface area (Å²) in [6.07, 6.45) is 4.47. The van der Waals surface area contributed by atoms with Crippen molar-refractivity contribution in [2.75, 3.05) is 0 Å². The molecule has 16 heavy (non-hydrogen) atoms. The van der Waals surface area contributed by atoms with Crippen LogP contribution in [-0.4, -0.2) is 10.1 Å². The average Bonchev–Trinajstić information content (AvgIpc) is 2.32. The number of thioether (sulfide) groups is 1. The van der Waals surface area contributed by atoms with Crippen LogP contribution in [0.5, 0.6) is 5.75 Å². The summed E-state index contributed by atoms with van der Waals surface area (Å²) in [5.41, 5.74) is -0.420. The van der Waals surface area contributed by atoms with Crippen molar-refractivity contribution < 1.29 is 9.52 Å². The van der Waals surface area contributed by atoms with E-state index in [0.29, 0.717) is 11.5 Å². The molecule has 2 aromatic rings. The maximum Gasteiger partial charge on any atom is 0.226 e. The Bertz CT molecular complexity index is 524. The summed E-state index contributed by atoms with van der Waals surface area (Å²) in [5, 5.41) is 9.01. The highest BCUT2D eigenvalue weighted by atomic mass is 32.2. The predicted molar refractivity (Wildman–Crippen MR) is 60.4 cm³/mol. The molecular weight excluding hydrogens is 226 g/mol. The first-order valence-electron chi connectivity index (χ1n) is 4.59. The normalized spacial score (nSPS) is 10.2. The molecule has 0 aromatic carbocycles. The largest absolute Gasteiger partial charge is 0.502 e. The fourth-order valence-electron chi connectivity index (χ4n) is 1.11. The highest BCUT2D eigenvalue weighted by molar-refractivity contribution is 7.98. The highest BCUT2D eigenvalue weighted by Gasteiger charge is 2.02. The monoisotopic (exact) mass is 235 g/mol. The summed E-state index contributed by atoms with van der Waals surface area (Å²) in [6.45, 7) is 0. The van der Waals surface area contributed by atoms with Gasteiger partial charge in [0.25, 0.3) is 0 Å². The number of aromatic hydroxyl groups is 1. The molecule has 0 bridgehead atoms. The summed E-state index contributed by atoms with van der Waals surface area (Å²) in [5.74, 6) is 0.710. The number of hydrogen-bond donors (Lipinski definition) is 1. The van der Waals surface area contributed by atoms with Crippen molar-refractivity contribution in [3.63, 3.8) is 0 Å². The van der Waals surface area contributed by atoms with Crippen LogP contribution in [0, 0.1) is 0 Å². The van der Waals surface area contributed by atoms with Gasteiger partial charge in [0, 0.05) is 23.4 Å². The molecule has 4 nitrogen and oxygen atoms in total. The van der Waals surface area contributed by atoms with Crippen molar-refractivity contribution in [2.45, 2.75) is 10.6 Å². The van der Waals surface area contributed by atoms with Crippen LogP contribution in [0.25, 0.3) is 0 Å². The van der Waals surface area contributed by atoms with Gasteiger partial charge in [0.1, 0.15) is 12.0 Å². The standard InChI is InChI=1S/C11H9NO3S/c13-10-5-8(15-6-11(10)14)7-16-9-1-3-12-4-2-9/h1-6,14H,7H2. The van der Waals surface area contributed by atoms with Gasteiger partial charge in [-0.25, -0.2) is 0 Å². The zero-order valence-electron chi connectivity index (χ0n) is 8.29. The summed E-state index contributed by atoms with van der Waals surface area (Å²) >= 11 is 1.53. The molecule has 0 aliphatic heterocycles. The molecule has 0 radical (unpaired) electrons. The summed E-state index contributed by atoms with van der Waals surface area (Å²) < 4.78 is 5.07. The lowest BCUT2D eigenvalue weighted by Gasteiger charge is -2.00. The van der Waals surface area contributed by atoms with Gasteiger partial charge in [0.05, 0.1) is 5.75 Å². The summed E-state index contributed by atoms with van der Waals surface area (Å²) in [4.78, 5) is 16.1. The quantitative estimate of drug-likeness (QED) is 0.825. The Balaban J connectivity index is 2.05. The number of hydrogen-bond acceptors (Lipinski definition) is 5. The second-order valence-electron chi connectivity index (χ2n) is 3.07. The Labute approximate surface area is 96.0 Å². The number of rotatable bonds is 3. The van der Waals surface area contributed by atoms with Crippen molar-refractivity contribution in [3.8, 4) is 5.75 Å². The number of aromatic nitrogens is 1. The molecule has 0 amide bonds. The van der Waals surface area contributed by atoms with Crippen molar-refractivity contribution in [1.82, 2.24) is 4.98 Å². The van der Waals surface area contributed by atoms with Gasteiger partial charge in [0.2, 0.25) is 5.43 Å². The summed E-state index contributed by atoms with van der Waals surface area (Å²) in [7, 11) is 0. The molecule has 0 saturated carbocycles. The van der Waals surface area contributed by atoms with Crippen LogP contribution in [-0.2, 0) is 5.75 Å². The first-order chi connectivity index (χ1) is 7.75. The highest BCUT2D eigenvalue weighted by Crippen LogP contribution is 2.21. The molecule has 2 aromatic heterocycles. The third-order valence-electron chi connectivity index (χ3n) is 1.90. The van der Waals surface area contributed by atoms with E-state index in [2.05, 4.69) is 4.98 Å². The fourth-order valence-corrected chi connectivity index (χ4v) is 1.88. The molecule has 0 saturated heterocycles. The zero-order chi connectivity index (χ0) is 11.4. The van der Waals surface area contributed by atoms with E-state index in [9.17, 15) is 4.79 Å². The molecule has 0 spiro atoms. The van der Waals surface area contributed by atoms with Crippen LogP contribution >= 0.6 is 11.8 Å². The lowest BCUT2D eigenvalue weighted by atomic mass is 10.4. The smallest absolute Gasteiger partial charge is 0.226 e. The van der Waals surface area contributed by atoms with E-state index in [0.717, 1.165) is 11.2 Å². The topological polar surface area (TPSA) is 63.3 Å². The van der Waals surface area contributed by atoms with Crippen molar-refractivity contribution in [1.29, 1.82) is 0 Å². The van der Waals surface area contributed by atoms with Gasteiger partial charge < -0.3 is 9.52 Å². The van der Waals surface area contributed by atoms with Crippen LogP contribution < -0.4 is 5.43 Å². The van der Waals surface area contributed by atoms with Crippen LogP contribution in [0.1, 0.15) is 5.76 Å². The van der Waals surface area contributed by atoms with Gasteiger partial charge in [-0.15, -0.1) is 11.8 Å². The third-order valence-corrected chi connectivity index (χ3v) is 2.93. The van der Waals surface area contributed by atoms with Gasteiger partial charge in [-0.05, 0) is 12.1 Å². The van der Waals surface area contributed by atoms with E-state index in [1.165, 1.54) is 17.8 Å². The Morgan fingerprint density at radius 1 is 1.38 bits per heavy atom. The van der Waals surface area contributed by atoms with Gasteiger partial charge >= 0.3 is 0 Å². The first-order valence-corrected chi connectivity index (χ1v) is 5.58. The zero-order valence-corrected chi connectivity index (χ0v) is 9.11. The summed E-state index contributed by atoms with van der Waals surface area (Å²) in [6, 6.07) is 5.05. The Morgan fingerprint density at radius 3 is 2.81 bits per heavy atom. The molecule has 0 unspecified atom stereocenters. The maximum atomic E-state index is 11.1. The SMILES string of the molecule is O=c1cc(CSc2ccncc2)occ1O. The predicted octanol–water partition coefficient (Wildman–Crippen LogP) is 2.03. The Kier molecular flexibility index (Phi) is 3.26. The van der Waals surface area contributed by atoms with Gasteiger partial charge in [0.15, 0.2) is 5.75 Å². The van der Waals surface area contributed by atoms with Crippen LogP contribution in [0.4, 0.5) is 0 Å². The third kappa shape index (κ3) is 2.64. The average molecular weight is 235 g/mol. The van der Waals surface area contributed by atoms with E-state index < -0.39 is 5.43 Å². The second-order valence-corrected chi connectivity index (χ2v) is 4.12. The van der Waals surface area contributed by atoms with E-state index >= 15 is 0 Å². The number of nitrogens with zero attached hydrogens (tertiary/aromatic N) is 1. The van der Waals surface area contributed by atoms with Crippen molar-refractivity contribution in [3.05, 3.63) is 52.8 Å². The van der Waals surface area contributed by atoms with Gasteiger partial charge in [-0.2, -0.15) is 0 Å². The van der Waals surface area contributed by atoms with E-state index in [4.69, 9.17) is 9.52 Å². The van der Waals surface area contributed by atoms with Gasteiger partial charge in [-0.3, -0.25) is 9.78 Å². The molecule has 1 N–H and O–H groups in total. The Hall–Kier alpha value is -1.75. The molecular formula is C11H9NO3S.